The van der Waals surface area contributed by atoms with Gasteiger partial charge in [-0.05, 0) is 44.9 Å². The van der Waals surface area contributed by atoms with Gasteiger partial charge in [0.15, 0.2) is 5.83 Å². The van der Waals surface area contributed by atoms with Crippen LogP contribution in [0.25, 0.3) is 0 Å². The van der Waals surface area contributed by atoms with E-state index in [4.69, 9.17) is 0 Å². The topological polar surface area (TPSA) is 44.6 Å². The Bertz CT molecular complexity index is 474. The van der Waals surface area contributed by atoms with E-state index < -0.39 is 0 Å². The monoisotopic (exact) mass is 322 g/mol. The summed E-state index contributed by atoms with van der Waals surface area (Å²) in [7, 11) is 0. The summed E-state index contributed by atoms with van der Waals surface area (Å²) in [6, 6.07) is 0. The van der Waals surface area contributed by atoms with Crippen LogP contribution in [-0.4, -0.2) is 24.5 Å². The van der Waals surface area contributed by atoms with Gasteiger partial charge in [0.1, 0.15) is 0 Å². The summed E-state index contributed by atoms with van der Waals surface area (Å²) in [6.07, 6.45) is 12.2. The van der Waals surface area contributed by atoms with Gasteiger partial charge in [-0.15, -0.1) is 0 Å². The van der Waals surface area contributed by atoms with Gasteiger partial charge in [0, 0.05) is 18.2 Å². The molecule has 1 saturated carbocycles. The molecule has 23 heavy (non-hydrogen) atoms. The van der Waals surface area contributed by atoms with Gasteiger partial charge in [-0.3, -0.25) is 4.99 Å². The fraction of sp³-hybridized carbons (Fsp3) is 0.737. The second-order valence-corrected chi connectivity index (χ2v) is 7.13. The number of aliphatic hydroxyl groups excluding tert-OH is 1. The van der Waals surface area contributed by atoms with Gasteiger partial charge in [-0.1, -0.05) is 32.3 Å². The van der Waals surface area contributed by atoms with Crippen LogP contribution in [0.1, 0.15) is 65.2 Å². The minimum absolute atomic E-state index is 0.151. The fourth-order valence-electron chi connectivity index (χ4n) is 3.31. The van der Waals surface area contributed by atoms with Crippen LogP contribution in [0.15, 0.2) is 28.3 Å². The zero-order valence-corrected chi connectivity index (χ0v) is 14.6. The maximum Gasteiger partial charge on any atom is 0.167 e. The van der Waals surface area contributed by atoms with Crippen molar-refractivity contribution in [2.24, 2.45) is 16.3 Å². The SMILES string of the molecule is CCC(CO)(CNC1=CCCC/C=N\C(C)=C/1F)CC1CCC1. The van der Waals surface area contributed by atoms with Crippen molar-refractivity contribution in [3.05, 3.63) is 23.3 Å². The number of nitrogens with one attached hydrogen (secondary N) is 1. The molecular weight excluding hydrogens is 291 g/mol. The molecule has 1 aliphatic heterocycles. The van der Waals surface area contributed by atoms with Crippen LogP contribution in [-0.2, 0) is 0 Å². The average Bonchev–Trinajstić information content (AvgIpc) is 2.60. The highest BCUT2D eigenvalue weighted by molar-refractivity contribution is 5.59. The van der Waals surface area contributed by atoms with Gasteiger partial charge in [0.25, 0.3) is 0 Å². The number of hydrogen-bond acceptors (Lipinski definition) is 3. The highest BCUT2D eigenvalue weighted by Gasteiger charge is 2.33. The minimum Gasteiger partial charge on any atom is -0.396 e. The van der Waals surface area contributed by atoms with Crippen molar-refractivity contribution in [2.45, 2.75) is 65.2 Å². The van der Waals surface area contributed by atoms with E-state index in [2.05, 4.69) is 17.2 Å². The Hall–Kier alpha value is -1.16. The first-order valence-corrected chi connectivity index (χ1v) is 9.04. The molecule has 1 aliphatic carbocycles. The summed E-state index contributed by atoms with van der Waals surface area (Å²) in [4.78, 5) is 4.18. The lowest BCUT2D eigenvalue weighted by molar-refractivity contribution is 0.0732. The molecular formula is C19H31FN2O. The summed E-state index contributed by atoms with van der Waals surface area (Å²) < 4.78 is 14.6. The van der Waals surface area contributed by atoms with E-state index in [-0.39, 0.29) is 17.8 Å². The molecule has 1 fully saturated rings. The largest absolute Gasteiger partial charge is 0.396 e. The van der Waals surface area contributed by atoms with Crippen molar-refractivity contribution in [1.82, 2.24) is 5.32 Å². The van der Waals surface area contributed by atoms with Crippen molar-refractivity contribution < 1.29 is 9.50 Å². The Balaban J connectivity index is 2.06. The molecule has 4 heteroatoms. The first-order chi connectivity index (χ1) is 11.1. The first kappa shape index (κ1) is 18.2. The molecule has 0 aromatic carbocycles. The number of aliphatic imine (C=N–C) groups is 1. The van der Waals surface area contributed by atoms with Crippen LogP contribution in [0.5, 0.6) is 0 Å². The standard InChI is InChI=1S/C19H31FN2O/c1-3-19(14-23,12-16-8-7-9-16)13-22-17-10-5-4-6-11-21-15(2)18(17)20/h10-11,16,22-23H,3-9,12-14H2,1-2H3/b17-10?,18-15+,21-11-. The predicted octanol–water partition coefficient (Wildman–Crippen LogP) is 4.49. The third-order valence-electron chi connectivity index (χ3n) is 5.41. The molecule has 3 nitrogen and oxygen atoms in total. The van der Waals surface area contributed by atoms with Crippen molar-refractivity contribution in [3.63, 3.8) is 0 Å². The molecule has 0 radical (unpaired) electrons. The first-order valence-electron chi connectivity index (χ1n) is 9.04. The van der Waals surface area contributed by atoms with Gasteiger partial charge in [-0.25, -0.2) is 4.39 Å². The zero-order valence-electron chi connectivity index (χ0n) is 14.6. The molecule has 2 aliphatic rings. The van der Waals surface area contributed by atoms with E-state index in [1.807, 2.05) is 6.08 Å². The Morgan fingerprint density at radius 1 is 1.35 bits per heavy atom. The van der Waals surface area contributed by atoms with Crippen molar-refractivity contribution in [3.8, 4) is 0 Å². The third kappa shape index (κ3) is 4.90. The van der Waals surface area contributed by atoms with Gasteiger partial charge in [0.2, 0.25) is 0 Å². The van der Waals surface area contributed by atoms with Gasteiger partial charge in [-0.2, -0.15) is 0 Å². The summed E-state index contributed by atoms with van der Waals surface area (Å²) in [5.74, 6) is 0.458. The molecule has 2 N–H and O–H groups in total. The lowest BCUT2D eigenvalue weighted by atomic mass is 9.70. The average molecular weight is 322 g/mol. The van der Waals surface area contributed by atoms with E-state index in [0.29, 0.717) is 17.9 Å². The van der Waals surface area contributed by atoms with Crippen LogP contribution >= 0.6 is 0 Å². The molecule has 0 saturated heterocycles. The third-order valence-corrected chi connectivity index (χ3v) is 5.41. The molecule has 0 aromatic rings. The Kier molecular flexibility index (Phi) is 6.82. The molecule has 1 atom stereocenters. The van der Waals surface area contributed by atoms with E-state index in [1.165, 1.54) is 19.3 Å². The number of allylic oxidation sites excluding steroid dienone is 3. The maximum absolute atomic E-state index is 14.6. The van der Waals surface area contributed by atoms with Crippen LogP contribution in [0, 0.1) is 11.3 Å². The van der Waals surface area contributed by atoms with E-state index in [1.54, 1.807) is 13.1 Å². The normalized spacial score (nSPS) is 27.0. The summed E-state index contributed by atoms with van der Waals surface area (Å²) in [5, 5.41) is 13.2. The lowest BCUT2D eigenvalue weighted by Gasteiger charge is -2.38. The molecule has 1 heterocycles. The minimum atomic E-state index is -0.269. The zero-order chi connectivity index (χ0) is 16.7. The summed E-state index contributed by atoms with van der Waals surface area (Å²) in [6.45, 7) is 4.60. The summed E-state index contributed by atoms with van der Waals surface area (Å²) in [5.41, 5.74) is 0.819. The molecule has 0 aromatic heterocycles. The summed E-state index contributed by atoms with van der Waals surface area (Å²) >= 11 is 0. The highest BCUT2D eigenvalue weighted by atomic mass is 19.1. The predicted molar refractivity (Wildman–Crippen MR) is 94.0 cm³/mol. The second-order valence-electron chi connectivity index (χ2n) is 7.13. The number of rotatable bonds is 7. The van der Waals surface area contributed by atoms with Gasteiger partial charge >= 0.3 is 0 Å². The van der Waals surface area contributed by atoms with Crippen LogP contribution in [0.3, 0.4) is 0 Å². The highest BCUT2D eigenvalue weighted by Crippen LogP contribution is 2.39. The van der Waals surface area contributed by atoms with E-state index >= 15 is 0 Å². The quantitative estimate of drug-likeness (QED) is 0.725. The maximum atomic E-state index is 14.6. The number of halogens is 1. The molecule has 0 bridgehead atoms. The van der Waals surface area contributed by atoms with E-state index in [9.17, 15) is 9.50 Å². The Labute approximate surface area is 139 Å². The van der Waals surface area contributed by atoms with Crippen molar-refractivity contribution in [2.75, 3.05) is 13.2 Å². The Morgan fingerprint density at radius 3 is 2.74 bits per heavy atom. The second kappa shape index (κ2) is 8.62. The number of aliphatic hydroxyl groups is 1. The number of hydrogen-bond donors (Lipinski definition) is 2. The van der Waals surface area contributed by atoms with Gasteiger partial charge in [0.05, 0.1) is 18.0 Å². The van der Waals surface area contributed by atoms with E-state index in [0.717, 1.165) is 38.0 Å². The van der Waals surface area contributed by atoms with Crippen molar-refractivity contribution >= 4 is 6.21 Å². The molecule has 130 valence electrons. The molecule has 2 rings (SSSR count). The van der Waals surface area contributed by atoms with Crippen molar-refractivity contribution in [1.29, 1.82) is 0 Å². The van der Waals surface area contributed by atoms with Crippen LogP contribution in [0.2, 0.25) is 0 Å². The Morgan fingerprint density at radius 2 is 2.13 bits per heavy atom. The molecule has 0 amide bonds. The van der Waals surface area contributed by atoms with Gasteiger partial charge < -0.3 is 10.4 Å². The molecule has 0 spiro atoms. The smallest absolute Gasteiger partial charge is 0.167 e. The van der Waals surface area contributed by atoms with Crippen LogP contribution < -0.4 is 5.32 Å². The lowest BCUT2D eigenvalue weighted by Crippen LogP contribution is -2.39. The number of nitrogens with zero attached hydrogens (tertiary/aromatic N) is 1. The molecule has 1 unspecified atom stereocenters. The van der Waals surface area contributed by atoms with Crippen LogP contribution in [0.4, 0.5) is 4.39 Å². The fourth-order valence-corrected chi connectivity index (χ4v) is 3.31.